The maximum absolute atomic E-state index is 13.3. The number of thiazole rings is 1. The van der Waals surface area contributed by atoms with Gasteiger partial charge in [0.05, 0.1) is 4.90 Å². The van der Waals surface area contributed by atoms with Crippen LogP contribution < -0.4 is 4.90 Å². The predicted octanol–water partition coefficient (Wildman–Crippen LogP) is 5.28. The van der Waals surface area contributed by atoms with Crippen molar-refractivity contribution in [2.24, 2.45) is 4.40 Å². The molecule has 12 heteroatoms. The number of hydrogen-bond donors (Lipinski definition) is 0. The molecule has 4 rings (SSSR count). The first-order valence-corrected chi connectivity index (χ1v) is 13.6. The van der Waals surface area contributed by atoms with Gasteiger partial charge in [-0.2, -0.15) is 8.42 Å². The number of amidine groups is 1. The molecule has 1 fully saturated rings. The minimum Gasteiger partial charge on any atom is -0.282 e. The van der Waals surface area contributed by atoms with Gasteiger partial charge in [0.15, 0.2) is 10.3 Å². The van der Waals surface area contributed by atoms with E-state index in [2.05, 4.69) is 16.0 Å². The number of allylic oxidation sites excluding steroid dienone is 2. The van der Waals surface area contributed by atoms with Crippen LogP contribution in [0.25, 0.3) is 0 Å². The van der Waals surface area contributed by atoms with Crippen molar-refractivity contribution in [1.29, 1.82) is 0 Å². The van der Waals surface area contributed by atoms with E-state index in [0.717, 1.165) is 27.5 Å². The lowest BCUT2D eigenvalue weighted by Crippen LogP contribution is -2.30. The van der Waals surface area contributed by atoms with Crippen LogP contribution in [0, 0.1) is 0 Å². The summed E-state index contributed by atoms with van der Waals surface area (Å²) in [5.41, 5.74) is 0.968. The molecule has 0 atom stereocenters. The van der Waals surface area contributed by atoms with Gasteiger partial charge in [-0.3, -0.25) is 14.6 Å². The fraction of sp³-hybridized carbons (Fsp3) is 0.150. The predicted molar refractivity (Wildman–Crippen MR) is 133 cm³/mol. The molecule has 0 radical (unpaired) electrons. The van der Waals surface area contributed by atoms with Crippen molar-refractivity contribution in [3.8, 4) is 0 Å². The summed E-state index contributed by atoms with van der Waals surface area (Å²) >= 11 is 9.82. The lowest BCUT2D eigenvalue weighted by atomic mass is 10.4. The molecule has 0 spiro atoms. The van der Waals surface area contributed by atoms with Crippen molar-refractivity contribution < 1.29 is 13.2 Å². The zero-order valence-corrected chi connectivity index (χ0v) is 21.0. The summed E-state index contributed by atoms with van der Waals surface area (Å²) in [6.07, 6.45) is 3.23. The normalized spacial score (nSPS) is 20.7. The smallest absolute Gasteiger partial charge is 0.282 e. The number of halogens is 1. The van der Waals surface area contributed by atoms with Gasteiger partial charge >= 0.3 is 0 Å². The van der Waals surface area contributed by atoms with Crippen LogP contribution in [0.15, 0.2) is 78.3 Å². The summed E-state index contributed by atoms with van der Waals surface area (Å²) in [6, 6.07) is 5.73. The maximum atomic E-state index is 13.3. The first kappa shape index (κ1) is 23.1. The molecule has 2 aromatic rings. The third kappa shape index (κ3) is 4.27. The van der Waals surface area contributed by atoms with Gasteiger partial charge < -0.3 is 0 Å². The van der Waals surface area contributed by atoms with Crippen LogP contribution in [0.3, 0.4) is 0 Å². The summed E-state index contributed by atoms with van der Waals surface area (Å²) in [5.74, 6) is -0.327. The molecule has 0 aliphatic carbocycles. The summed E-state index contributed by atoms with van der Waals surface area (Å²) in [7, 11) is -4.04. The molecule has 1 aromatic carbocycles. The second-order valence-corrected chi connectivity index (χ2v) is 11.7. The monoisotopic (exact) mass is 524 g/mol. The highest BCUT2D eigenvalue weighted by Gasteiger charge is 2.40. The molecule has 7 nitrogen and oxygen atoms in total. The molecule has 32 heavy (non-hydrogen) atoms. The zero-order valence-electron chi connectivity index (χ0n) is 17.0. The number of benzene rings is 1. The van der Waals surface area contributed by atoms with Gasteiger partial charge in [0.2, 0.25) is 0 Å². The van der Waals surface area contributed by atoms with Gasteiger partial charge in [0.1, 0.15) is 9.93 Å². The van der Waals surface area contributed by atoms with E-state index < -0.39 is 10.0 Å². The van der Waals surface area contributed by atoms with Gasteiger partial charge in [0.25, 0.3) is 15.9 Å². The van der Waals surface area contributed by atoms with E-state index >= 15 is 0 Å². The molecule has 2 aliphatic heterocycles. The van der Waals surface area contributed by atoms with Crippen LogP contribution in [0.5, 0.6) is 0 Å². The van der Waals surface area contributed by atoms with E-state index in [1.807, 2.05) is 24.1 Å². The first-order chi connectivity index (χ1) is 15.2. The zero-order chi connectivity index (χ0) is 23.0. The molecule has 1 aromatic heterocycles. The number of carbonyl (C=O) groups excluding carboxylic acids is 1. The summed E-state index contributed by atoms with van der Waals surface area (Å²) < 4.78 is 29.7. The quantitative estimate of drug-likeness (QED) is 0.389. The Morgan fingerprint density at radius 1 is 1.22 bits per heavy atom. The van der Waals surface area contributed by atoms with Crippen LogP contribution >= 0.6 is 46.5 Å². The Hall–Kier alpha value is -2.05. The highest BCUT2D eigenvalue weighted by Crippen LogP contribution is 2.49. The number of aromatic nitrogens is 1. The first-order valence-electron chi connectivity index (χ1n) is 9.23. The molecule has 0 bridgehead atoms. The minimum atomic E-state index is -4.04. The van der Waals surface area contributed by atoms with E-state index in [-0.39, 0.29) is 22.5 Å². The van der Waals surface area contributed by atoms with Gasteiger partial charge in [0, 0.05) is 33.7 Å². The largest absolute Gasteiger partial charge is 0.284 e. The average molecular weight is 525 g/mol. The third-order valence-corrected chi connectivity index (χ3v) is 9.37. The second-order valence-electron chi connectivity index (χ2n) is 6.64. The third-order valence-electron chi connectivity index (χ3n) is 4.59. The second kappa shape index (κ2) is 9.06. The molecule has 3 heterocycles. The van der Waals surface area contributed by atoms with Crippen molar-refractivity contribution >= 4 is 72.7 Å². The van der Waals surface area contributed by atoms with Crippen LogP contribution in [0.4, 0.5) is 5.13 Å². The van der Waals surface area contributed by atoms with Crippen molar-refractivity contribution in [1.82, 2.24) is 9.88 Å². The van der Waals surface area contributed by atoms with Crippen molar-refractivity contribution in [2.75, 3.05) is 11.4 Å². The van der Waals surface area contributed by atoms with Crippen molar-refractivity contribution in [3.05, 3.63) is 74.1 Å². The summed E-state index contributed by atoms with van der Waals surface area (Å²) in [5, 5.41) is 3.78. The molecule has 2 aliphatic rings. The van der Waals surface area contributed by atoms with Crippen LogP contribution in [-0.4, -0.2) is 35.9 Å². The number of nitrogens with zero attached hydrogens (tertiary/aromatic N) is 4. The molecule has 0 unspecified atom stereocenters. The number of anilines is 1. The number of hydrogen-bond acceptors (Lipinski definition) is 8. The van der Waals surface area contributed by atoms with Crippen molar-refractivity contribution in [3.63, 3.8) is 0 Å². The van der Waals surface area contributed by atoms with E-state index in [4.69, 9.17) is 11.6 Å². The van der Waals surface area contributed by atoms with Crippen LogP contribution in [0.2, 0.25) is 5.02 Å². The topological polar surface area (TPSA) is 82.9 Å². The van der Waals surface area contributed by atoms with Gasteiger partial charge in [-0.05, 0) is 49.9 Å². The SMILES string of the molecule is C=CCN1C(=O)C(=C2SC(C)=C(C)N2c2nccs2)SC1=NS(=O)(=O)c1ccc(Cl)cc1. The fourth-order valence-corrected chi connectivity index (χ4v) is 7.25. The lowest BCUT2D eigenvalue weighted by Gasteiger charge is -2.19. The molecular weight excluding hydrogens is 508 g/mol. The van der Waals surface area contributed by atoms with Crippen molar-refractivity contribution in [2.45, 2.75) is 18.7 Å². The number of rotatable bonds is 5. The lowest BCUT2D eigenvalue weighted by molar-refractivity contribution is -0.121. The maximum Gasteiger partial charge on any atom is 0.284 e. The highest BCUT2D eigenvalue weighted by molar-refractivity contribution is 8.20. The Kier molecular flexibility index (Phi) is 6.55. The van der Waals surface area contributed by atoms with Gasteiger partial charge in [-0.15, -0.1) is 22.3 Å². The van der Waals surface area contributed by atoms with Crippen LogP contribution in [0.1, 0.15) is 13.8 Å². The van der Waals surface area contributed by atoms with E-state index in [0.29, 0.717) is 15.0 Å². The van der Waals surface area contributed by atoms with Crippen LogP contribution in [-0.2, 0) is 14.8 Å². The summed E-state index contributed by atoms with van der Waals surface area (Å²) in [4.78, 5) is 22.4. The Bertz CT molecular complexity index is 1280. The molecule has 166 valence electrons. The molecule has 1 amide bonds. The molecular formula is C20H17ClN4O3S4. The Balaban J connectivity index is 1.79. The minimum absolute atomic E-state index is 0.00452. The van der Waals surface area contributed by atoms with Gasteiger partial charge in [-0.1, -0.05) is 29.4 Å². The number of sulfonamides is 1. The van der Waals surface area contributed by atoms with E-state index in [9.17, 15) is 13.2 Å². The standard InChI is InChI=1S/C20H17ClN4O3S4/c1-4-10-24-17(26)16(18-25(12(2)13(3)30-18)19-22-9-11-29-19)31-20(24)23-32(27,28)15-7-5-14(21)6-8-15/h4-9,11H,1,10H2,2-3H3. The Morgan fingerprint density at radius 3 is 2.56 bits per heavy atom. The Labute approximate surface area is 203 Å². The highest BCUT2D eigenvalue weighted by atomic mass is 35.5. The molecule has 0 saturated carbocycles. The number of carbonyl (C=O) groups is 1. The van der Waals surface area contributed by atoms with E-state index in [1.54, 1.807) is 6.20 Å². The molecule has 0 N–H and O–H groups in total. The Morgan fingerprint density at radius 2 is 1.94 bits per heavy atom. The summed E-state index contributed by atoms with van der Waals surface area (Å²) in [6.45, 7) is 7.75. The van der Waals surface area contributed by atoms with Gasteiger partial charge in [-0.25, -0.2) is 4.98 Å². The fourth-order valence-electron chi connectivity index (χ4n) is 2.93. The van der Waals surface area contributed by atoms with E-state index in [1.165, 1.54) is 58.3 Å². The number of amides is 1. The molecule has 1 saturated heterocycles. The average Bonchev–Trinajstić information content (AvgIpc) is 3.44. The number of thioether (sulfide) groups is 2.